The summed E-state index contributed by atoms with van der Waals surface area (Å²) in [4.78, 5) is 16.0. The van der Waals surface area contributed by atoms with E-state index >= 15 is 0 Å². The van der Waals surface area contributed by atoms with E-state index in [2.05, 4.69) is 20.5 Å². The van der Waals surface area contributed by atoms with Gasteiger partial charge in [0.2, 0.25) is 5.91 Å². The zero-order chi connectivity index (χ0) is 16.9. The number of hydrogen-bond acceptors (Lipinski definition) is 6. The lowest BCUT2D eigenvalue weighted by atomic mass is 10.2. The molecule has 24 heavy (non-hydrogen) atoms. The number of halogens is 1. The minimum Gasteiger partial charge on any atom is -0.410 e. The van der Waals surface area contributed by atoms with Gasteiger partial charge in [0, 0.05) is 11.9 Å². The third kappa shape index (κ3) is 3.96. The van der Waals surface area contributed by atoms with E-state index in [1.807, 2.05) is 6.07 Å². The van der Waals surface area contributed by atoms with Crippen LogP contribution >= 0.6 is 11.8 Å². The number of nitrogens with one attached hydrogen (secondary N) is 1. The third-order valence-electron chi connectivity index (χ3n) is 3.07. The van der Waals surface area contributed by atoms with E-state index in [1.54, 1.807) is 37.4 Å². The lowest BCUT2D eigenvalue weighted by Crippen LogP contribution is -2.14. The fourth-order valence-corrected chi connectivity index (χ4v) is 2.42. The van der Waals surface area contributed by atoms with E-state index in [9.17, 15) is 9.18 Å². The Morgan fingerprint density at radius 2 is 2.17 bits per heavy atom. The first kappa shape index (κ1) is 16.1. The van der Waals surface area contributed by atoms with Crippen molar-refractivity contribution in [2.45, 2.75) is 12.1 Å². The summed E-state index contributed by atoms with van der Waals surface area (Å²) in [5.74, 6) is -0.295. The van der Waals surface area contributed by atoms with E-state index in [0.29, 0.717) is 22.8 Å². The van der Waals surface area contributed by atoms with E-state index in [4.69, 9.17) is 4.42 Å². The van der Waals surface area contributed by atoms with Crippen LogP contribution in [0.1, 0.15) is 5.56 Å². The summed E-state index contributed by atoms with van der Waals surface area (Å²) in [5, 5.41) is 10.6. The van der Waals surface area contributed by atoms with E-state index in [1.165, 1.54) is 6.07 Å². The number of carbonyl (C=O) groups excluding carboxylic acids is 1. The molecule has 1 N–H and O–H groups in total. The zero-order valence-corrected chi connectivity index (χ0v) is 13.5. The number of aromatic nitrogens is 3. The largest absolute Gasteiger partial charge is 0.410 e. The number of amides is 1. The molecule has 122 valence electrons. The molecule has 0 saturated carbocycles. The molecule has 0 aliphatic heterocycles. The number of hydrogen-bond donors (Lipinski definition) is 1. The van der Waals surface area contributed by atoms with Gasteiger partial charge in [0.25, 0.3) is 11.1 Å². The molecule has 2 aromatic heterocycles. The third-order valence-corrected chi connectivity index (χ3v) is 3.89. The standard InChI is InChI=1S/C16H13FN4O2S/c1-10-5-6-11(8-12(10)17)19-14(22)9-24-16-21-20-15(23-16)13-4-2-3-7-18-13/h2-8H,9H2,1H3,(H,19,22). The van der Waals surface area contributed by atoms with Crippen molar-refractivity contribution in [2.24, 2.45) is 0 Å². The second-order valence-corrected chi connectivity index (χ2v) is 5.82. The Labute approximate surface area is 141 Å². The number of aryl methyl sites for hydroxylation is 1. The molecule has 0 fully saturated rings. The van der Waals surface area contributed by atoms with Crippen molar-refractivity contribution in [3.05, 3.63) is 54.0 Å². The van der Waals surface area contributed by atoms with Crippen LogP contribution in [0.2, 0.25) is 0 Å². The number of anilines is 1. The van der Waals surface area contributed by atoms with Gasteiger partial charge >= 0.3 is 0 Å². The Bertz CT molecular complexity index is 854. The van der Waals surface area contributed by atoms with Crippen LogP contribution in [0.4, 0.5) is 10.1 Å². The van der Waals surface area contributed by atoms with Crippen molar-refractivity contribution in [2.75, 3.05) is 11.1 Å². The lowest BCUT2D eigenvalue weighted by molar-refractivity contribution is -0.113. The Hall–Kier alpha value is -2.74. The quantitative estimate of drug-likeness (QED) is 0.715. The number of nitrogens with zero attached hydrogens (tertiary/aromatic N) is 3. The maximum absolute atomic E-state index is 13.4. The highest BCUT2D eigenvalue weighted by molar-refractivity contribution is 7.99. The van der Waals surface area contributed by atoms with Crippen LogP contribution in [0.25, 0.3) is 11.6 Å². The number of thioether (sulfide) groups is 1. The fraction of sp³-hybridized carbons (Fsp3) is 0.125. The van der Waals surface area contributed by atoms with Gasteiger partial charge in [-0.15, -0.1) is 10.2 Å². The van der Waals surface area contributed by atoms with Gasteiger partial charge in [0.05, 0.1) is 5.75 Å². The molecule has 0 aliphatic rings. The SMILES string of the molecule is Cc1ccc(NC(=O)CSc2nnc(-c3ccccn3)o2)cc1F. The molecular formula is C16H13FN4O2S. The lowest BCUT2D eigenvalue weighted by Gasteiger charge is -2.05. The molecule has 0 spiro atoms. The first-order valence-corrected chi connectivity index (χ1v) is 8.04. The normalized spacial score (nSPS) is 10.6. The minimum absolute atomic E-state index is 0.0688. The molecule has 1 aromatic carbocycles. The van der Waals surface area contributed by atoms with Crippen LogP contribution < -0.4 is 5.32 Å². The molecule has 1 amide bonds. The topological polar surface area (TPSA) is 80.9 Å². The molecule has 3 aromatic rings. The van der Waals surface area contributed by atoms with Crippen molar-refractivity contribution >= 4 is 23.4 Å². The van der Waals surface area contributed by atoms with Crippen LogP contribution in [-0.2, 0) is 4.79 Å². The first-order chi connectivity index (χ1) is 11.6. The highest BCUT2D eigenvalue weighted by atomic mass is 32.2. The van der Waals surface area contributed by atoms with E-state index in [0.717, 1.165) is 11.8 Å². The number of carbonyl (C=O) groups is 1. The molecule has 8 heteroatoms. The molecule has 0 bridgehead atoms. The summed E-state index contributed by atoms with van der Waals surface area (Å²) < 4.78 is 18.9. The highest BCUT2D eigenvalue weighted by Gasteiger charge is 2.12. The van der Waals surface area contributed by atoms with Crippen LogP contribution in [0.15, 0.2) is 52.2 Å². The van der Waals surface area contributed by atoms with Gasteiger partial charge in [0.1, 0.15) is 11.5 Å². The zero-order valence-electron chi connectivity index (χ0n) is 12.7. The summed E-state index contributed by atoms with van der Waals surface area (Å²) in [5.41, 5.74) is 1.50. The van der Waals surface area contributed by atoms with Gasteiger partial charge in [-0.2, -0.15) is 0 Å². The predicted octanol–water partition coefficient (Wildman–Crippen LogP) is 3.31. The van der Waals surface area contributed by atoms with Gasteiger partial charge in [-0.05, 0) is 36.8 Å². The number of benzene rings is 1. The molecule has 6 nitrogen and oxygen atoms in total. The van der Waals surface area contributed by atoms with Crippen molar-refractivity contribution < 1.29 is 13.6 Å². The fourth-order valence-electron chi connectivity index (χ4n) is 1.86. The van der Waals surface area contributed by atoms with Gasteiger partial charge in [-0.25, -0.2) is 4.39 Å². The Morgan fingerprint density at radius 3 is 2.92 bits per heavy atom. The summed E-state index contributed by atoms with van der Waals surface area (Å²) >= 11 is 1.10. The second-order valence-electron chi connectivity index (χ2n) is 4.89. The van der Waals surface area contributed by atoms with Gasteiger partial charge in [0.15, 0.2) is 0 Å². The van der Waals surface area contributed by atoms with Crippen LogP contribution in [0.5, 0.6) is 0 Å². The average molecular weight is 344 g/mol. The molecule has 0 aliphatic carbocycles. The number of pyridine rings is 1. The summed E-state index contributed by atoms with van der Waals surface area (Å²) in [6.45, 7) is 1.66. The Balaban J connectivity index is 1.56. The summed E-state index contributed by atoms with van der Waals surface area (Å²) in [7, 11) is 0. The molecule has 2 heterocycles. The van der Waals surface area contributed by atoms with Crippen molar-refractivity contribution in [3.63, 3.8) is 0 Å². The van der Waals surface area contributed by atoms with E-state index < -0.39 is 0 Å². The van der Waals surface area contributed by atoms with E-state index in [-0.39, 0.29) is 22.7 Å². The molecule has 0 saturated heterocycles. The van der Waals surface area contributed by atoms with Gasteiger partial charge < -0.3 is 9.73 Å². The average Bonchev–Trinajstić information content (AvgIpc) is 3.06. The molecule has 0 radical (unpaired) electrons. The van der Waals surface area contributed by atoms with Crippen LogP contribution in [0.3, 0.4) is 0 Å². The number of rotatable bonds is 5. The molecular weight excluding hydrogens is 331 g/mol. The Kier molecular flexibility index (Phi) is 4.85. The van der Waals surface area contributed by atoms with Crippen molar-refractivity contribution in [3.8, 4) is 11.6 Å². The second kappa shape index (κ2) is 7.22. The van der Waals surface area contributed by atoms with Crippen LogP contribution in [0, 0.1) is 12.7 Å². The Morgan fingerprint density at radius 1 is 1.29 bits per heavy atom. The molecule has 0 unspecified atom stereocenters. The maximum atomic E-state index is 13.4. The first-order valence-electron chi connectivity index (χ1n) is 7.05. The predicted molar refractivity (Wildman–Crippen MR) is 88.0 cm³/mol. The highest BCUT2D eigenvalue weighted by Crippen LogP contribution is 2.22. The summed E-state index contributed by atoms with van der Waals surface area (Å²) in [6, 6.07) is 9.88. The molecule has 0 atom stereocenters. The monoisotopic (exact) mass is 344 g/mol. The smallest absolute Gasteiger partial charge is 0.277 e. The summed E-state index contributed by atoms with van der Waals surface area (Å²) in [6.07, 6.45) is 1.63. The van der Waals surface area contributed by atoms with Gasteiger partial charge in [-0.3, -0.25) is 9.78 Å². The van der Waals surface area contributed by atoms with Crippen molar-refractivity contribution in [1.82, 2.24) is 15.2 Å². The van der Waals surface area contributed by atoms with Crippen molar-refractivity contribution in [1.29, 1.82) is 0 Å². The maximum Gasteiger partial charge on any atom is 0.277 e. The van der Waals surface area contributed by atoms with Crippen LogP contribution in [-0.4, -0.2) is 26.8 Å². The minimum atomic E-state index is -0.364. The van der Waals surface area contributed by atoms with Gasteiger partial charge in [-0.1, -0.05) is 23.9 Å². The molecule has 3 rings (SSSR count).